The fraction of sp³-hybridized carbons (Fsp3) is 0.292. The molecule has 0 saturated carbocycles. The van der Waals surface area contributed by atoms with Crippen molar-refractivity contribution in [1.29, 1.82) is 0 Å². The zero-order chi connectivity index (χ0) is 22.0. The average molecular weight is 420 g/mol. The molecule has 0 radical (unpaired) electrons. The minimum absolute atomic E-state index is 0.0837. The van der Waals surface area contributed by atoms with Crippen LogP contribution in [-0.4, -0.2) is 39.6 Å². The van der Waals surface area contributed by atoms with Crippen LogP contribution in [-0.2, 0) is 0 Å². The Balaban J connectivity index is 1.53. The molecule has 0 spiro atoms. The van der Waals surface area contributed by atoms with Gasteiger partial charge in [0.2, 0.25) is 0 Å². The van der Waals surface area contributed by atoms with E-state index < -0.39 is 5.91 Å². The van der Waals surface area contributed by atoms with Gasteiger partial charge in [-0.15, -0.1) is 0 Å². The summed E-state index contributed by atoms with van der Waals surface area (Å²) in [6, 6.07) is 14.5. The van der Waals surface area contributed by atoms with Crippen molar-refractivity contribution in [3.63, 3.8) is 0 Å². The maximum absolute atomic E-state index is 13.5. The van der Waals surface area contributed by atoms with Crippen molar-refractivity contribution in [2.45, 2.75) is 20.3 Å². The van der Waals surface area contributed by atoms with Crippen molar-refractivity contribution < 1.29 is 14.0 Å². The van der Waals surface area contributed by atoms with Crippen molar-refractivity contribution >= 4 is 17.5 Å². The maximum atomic E-state index is 13.5. The molecule has 1 aliphatic heterocycles. The number of anilines is 1. The van der Waals surface area contributed by atoms with Crippen molar-refractivity contribution in [3.05, 3.63) is 77.9 Å². The molecule has 0 bridgehead atoms. The lowest BCUT2D eigenvalue weighted by molar-refractivity contribution is 0.0624. The summed E-state index contributed by atoms with van der Waals surface area (Å²) in [7, 11) is 0. The van der Waals surface area contributed by atoms with Crippen molar-refractivity contribution in [1.82, 2.24) is 14.7 Å². The number of hydrogen-bond acceptors (Lipinski definition) is 3. The molecular formula is C24H25FN4O2. The Labute approximate surface area is 180 Å². The summed E-state index contributed by atoms with van der Waals surface area (Å²) in [6.07, 6.45) is 2.70. The Morgan fingerprint density at radius 3 is 2.52 bits per heavy atom. The van der Waals surface area contributed by atoms with E-state index in [1.54, 1.807) is 48.7 Å². The molecule has 1 fully saturated rings. The Bertz CT molecular complexity index is 1100. The first kappa shape index (κ1) is 20.8. The number of piperidine rings is 1. The fourth-order valence-electron chi connectivity index (χ4n) is 4.17. The van der Waals surface area contributed by atoms with E-state index in [1.165, 1.54) is 16.8 Å². The first-order chi connectivity index (χ1) is 14.9. The number of amides is 2. The van der Waals surface area contributed by atoms with Gasteiger partial charge in [-0.25, -0.2) is 9.07 Å². The van der Waals surface area contributed by atoms with Crippen LogP contribution in [0.5, 0.6) is 0 Å². The summed E-state index contributed by atoms with van der Waals surface area (Å²) in [5.41, 5.74) is 1.60. The highest BCUT2D eigenvalue weighted by atomic mass is 19.1. The molecule has 2 amide bonds. The minimum atomic E-state index is -0.434. The largest absolute Gasteiger partial charge is 0.338 e. The first-order valence-corrected chi connectivity index (χ1v) is 10.4. The topological polar surface area (TPSA) is 67.2 Å². The highest BCUT2D eigenvalue weighted by molar-refractivity contribution is 6.08. The third kappa shape index (κ3) is 4.66. The predicted molar refractivity (Wildman–Crippen MR) is 117 cm³/mol. The van der Waals surface area contributed by atoms with Gasteiger partial charge in [0.1, 0.15) is 5.82 Å². The van der Waals surface area contributed by atoms with Crippen LogP contribution in [0.25, 0.3) is 5.69 Å². The van der Waals surface area contributed by atoms with Gasteiger partial charge in [-0.2, -0.15) is 5.10 Å². The molecule has 7 heteroatoms. The number of hydrogen-bond donors (Lipinski definition) is 1. The average Bonchev–Trinajstić information content (AvgIpc) is 3.23. The SMILES string of the molecule is CC1CC(C)CN(C(=O)c2ccccc2NC(=O)c2ccn(-c3cccc(F)c3)n2)C1. The maximum Gasteiger partial charge on any atom is 0.276 e. The molecule has 1 saturated heterocycles. The van der Waals surface area contributed by atoms with Gasteiger partial charge < -0.3 is 10.2 Å². The van der Waals surface area contributed by atoms with Crippen molar-refractivity contribution in [3.8, 4) is 5.69 Å². The summed E-state index contributed by atoms with van der Waals surface area (Å²) in [5, 5.41) is 7.05. The molecule has 2 unspecified atom stereocenters. The number of rotatable bonds is 4. The molecule has 160 valence electrons. The number of nitrogens with one attached hydrogen (secondary N) is 1. The van der Waals surface area contributed by atoms with Gasteiger partial charge in [0.25, 0.3) is 11.8 Å². The monoisotopic (exact) mass is 420 g/mol. The molecule has 2 heterocycles. The third-order valence-electron chi connectivity index (χ3n) is 5.46. The van der Waals surface area contributed by atoms with E-state index >= 15 is 0 Å². The molecule has 2 aromatic carbocycles. The lowest BCUT2D eigenvalue weighted by atomic mass is 9.91. The predicted octanol–water partition coefficient (Wildman–Crippen LogP) is 4.38. The van der Waals surface area contributed by atoms with Gasteiger partial charge in [0.15, 0.2) is 5.69 Å². The number of likely N-dealkylation sites (tertiary alicyclic amines) is 1. The van der Waals surface area contributed by atoms with Gasteiger partial charge in [-0.1, -0.05) is 32.0 Å². The number of aromatic nitrogens is 2. The van der Waals surface area contributed by atoms with E-state index in [0.29, 0.717) is 41.9 Å². The van der Waals surface area contributed by atoms with E-state index in [0.717, 1.165) is 6.42 Å². The molecule has 1 aromatic heterocycles. The van der Waals surface area contributed by atoms with Crippen molar-refractivity contribution in [2.24, 2.45) is 11.8 Å². The van der Waals surface area contributed by atoms with Crippen LogP contribution < -0.4 is 5.32 Å². The van der Waals surface area contributed by atoms with Crippen LogP contribution in [0.4, 0.5) is 10.1 Å². The molecule has 0 aliphatic carbocycles. The highest BCUT2D eigenvalue weighted by Crippen LogP contribution is 2.25. The van der Waals surface area contributed by atoms with E-state index in [9.17, 15) is 14.0 Å². The first-order valence-electron chi connectivity index (χ1n) is 10.4. The van der Waals surface area contributed by atoms with Gasteiger partial charge in [0, 0.05) is 19.3 Å². The van der Waals surface area contributed by atoms with Gasteiger partial charge in [0.05, 0.1) is 16.9 Å². The molecular weight excluding hydrogens is 395 g/mol. The Hall–Kier alpha value is -3.48. The van der Waals surface area contributed by atoms with Crippen LogP contribution in [0.15, 0.2) is 60.8 Å². The molecule has 31 heavy (non-hydrogen) atoms. The molecule has 4 rings (SSSR count). The summed E-state index contributed by atoms with van der Waals surface area (Å²) in [5.74, 6) is -0.00866. The second-order valence-corrected chi connectivity index (χ2v) is 8.28. The number of benzene rings is 2. The lowest BCUT2D eigenvalue weighted by Gasteiger charge is -2.35. The summed E-state index contributed by atoms with van der Waals surface area (Å²) < 4.78 is 14.9. The number of para-hydroxylation sites is 1. The number of carbonyl (C=O) groups excluding carboxylic acids is 2. The standard InChI is InChI=1S/C24H25FN4O2/c1-16-12-17(2)15-28(14-16)24(31)20-8-3-4-9-21(20)26-23(30)22-10-11-29(27-22)19-7-5-6-18(25)13-19/h3-11,13,16-17H,12,14-15H2,1-2H3,(H,26,30). The number of halogens is 1. The van der Waals surface area contributed by atoms with Crippen LogP contribution in [0.1, 0.15) is 41.1 Å². The van der Waals surface area contributed by atoms with E-state index in [1.807, 2.05) is 4.90 Å². The normalized spacial score (nSPS) is 18.6. The van der Waals surface area contributed by atoms with Crippen LogP contribution in [0.3, 0.4) is 0 Å². The van der Waals surface area contributed by atoms with Gasteiger partial charge in [-0.05, 0) is 54.7 Å². The minimum Gasteiger partial charge on any atom is -0.338 e. The summed E-state index contributed by atoms with van der Waals surface area (Å²) in [4.78, 5) is 27.8. The Morgan fingerprint density at radius 1 is 1.03 bits per heavy atom. The smallest absolute Gasteiger partial charge is 0.276 e. The lowest BCUT2D eigenvalue weighted by Crippen LogP contribution is -2.42. The van der Waals surface area contributed by atoms with E-state index in [4.69, 9.17) is 0 Å². The van der Waals surface area contributed by atoms with Gasteiger partial charge in [-0.3, -0.25) is 9.59 Å². The number of nitrogens with zero attached hydrogens (tertiary/aromatic N) is 3. The molecule has 1 aliphatic rings. The zero-order valence-electron chi connectivity index (χ0n) is 17.6. The van der Waals surface area contributed by atoms with E-state index in [2.05, 4.69) is 24.3 Å². The second-order valence-electron chi connectivity index (χ2n) is 8.28. The quantitative estimate of drug-likeness (QED) is 0.681. The third-order valence-corrected chi connectivity index (χ3v) is 5.46. The van der Waals surface area contributed by atoms with Crippen LogP contribution >= 0.6 is 0 Å². The zero-order valence-corrected chi connectivity index (χ0v) is 17.6. The molecule has 6 nitrogen and oxygen atoms in total. The molecule has 3 aromatic rings. The van der Waals surface area contributed by atoms with Crippen molar-refractivity contribution in [2.75, 3.05) is 18.4 Å². The molecule has 1 N–H and O–H groups in total. The van der Waals surface area contributed by atoms with Crippen LogP contribution in [0, 0.1) is 17.7 Å². The van der Waals surface area contributed by atoms with Crippen LogP contribution in [0.2, 0.25) is 0 Å². The number of carbonyl (C=O) groups is 2. The second kappa shape index (κ2) is 8.71. The molecule has 2 atom stereocenters. The highest BCUT2D eigenvalue weighted by Gasteiger charge is 2.27. The van der Waals surface area contributed by atoms with Gasteiger partial charge >= 0.3 is 0 Å². The van der Waals surface area contributed by atoms with E-state index in [-0.39, 0.29) is 17.4 Å². The summed E-state index contributed by atoms with van der Waals surface area (Å²) >= 11 is 0. The fourth-order valence-corrected chi connectivity index (χ4v) is 4.17. The Morgan fingerprint density at radius 2 is 1.77 bits per heavy atom. The Kier molecular flexibility index (Phi) is 5.84. The summed E-state index contributed by atoms with van der Waals surface area (Å²) in [6.45, 7) is 5.73.